The molecule has 8 nitrogen and oxygen atoms in total. The van der Waals surface area contributed by atoms with Gasteiger partial charge in [0.05, 0.1) is 10.6 Å². The Balaban J connectivity index is 1.99. The van der Waals surface area contributed by atoms with Gasteiger partial charge in [-0.15, -0.1) is 0 Å². The molecule has 0 radical (unpaired) electrons. The van der Waals surface area contributed by atoms with Gasteiger partial charge in [0.15, 0.2) is 5.71 Å². The molecule has 0 aliphatic rings. The summed E-state index contributed by atoms with van der Waals surface area (Å²) in [6.45, 7) is 0. The van der Waals surface area contributed by atoms with E-state index in [0.29, 0.717) is 0 Å². The average molecular weight is 467 g/mol. The van der Waals surface area contributed by atoms with Crippen LogP contribution in [0.3, 0.4) is 0 Å². The van der Waals surface area contributed by atoms with Crippen molar-refractivity contribution in [3.63, 3.8) is 0 Å². The van der Waals surface area contributed by atoms with E-state index in [1.807, 2.05) is 0 Å². The van der Waals surface area contributed by atoms with Crippen molar-refractivity contribution in [3.05, 3.63) is 70.8 Å². The number of nitrogens with zero attached hydrogens (tertiary/aromatic N) is 3. The first-order valence-electron chi connectivity index (χ1n) is 8.78. The topological polar surface area (TPSA) is 94.9 Å². The lowest BCUT2D eigenvalue weighted by atomic mass is 10.1. The summed E-state index contributed by atoms with van der Waals surface area (Å²) < 4.78 is 52.7. The Labute approximate surface area is 184 Å². The average Bonchev–Trinajstić information content (AvgIpc) is 2.76. The van der Waals surface area contributed by atoms with E-state index in [9.17, 15) is 18.0 Å². The minimum atomic E-state index is -1.16. The number of halogens is 4. The fraction of sp³-hybridized carbons (Fsp3) is 0.100. The maximum Gasteiger partial charge on any atom is 0.273 e. The molecular weight excluding hydrogens is 453 g/mol. The smallest absolute Gasteiger partial charge is 0.273 e. The van der Waals surface area contributed by atoms with Crippen LogP contribution < -0.4 is 14.8 Å². The van der Waals surface area contributed by atoms with Crippen LogP contribution in [0.5, 0.6) is 23.3 Å². The number of carbonyl (C=O) groups excluding carboxylic acids is 1. The zero-order valence-electron chi connectivity index (χ0n) is 16.5. The fourth-order valence-corrected chi connectivity index (χ4v) is 2.65. The van der Waals surface area contributed by atoms with E-state index in [1.165, 1.54) is 26.3 Å². The van der Waals surface area contributed by atoms with Crippen LogP contribution >= 0.6 is 11.6 Å². The molecule has 1 aromatic heterocycles. The summed E-state index contributed by atoms with van der Waals surface area (Å²) in [5.74, 6) is -4.76. The van der Waals surface area contributed by atoms with Gasteiger partial charge in [0.1, 0.15) is 36.6 Å². The van der Waals surface area contributed by atoms with Crippen LogP contribution in [-0.4, -0.2) is 35.7 Å². The van der Waals surface area contributed by atoms with Gasteiger partial charge < -0.3 is 19.6 Å². The molecule has 32 heavy (non-hydrogen) atoms. The molecule has 166 valence electrons. The van der Waals surface area contributed by atoms with Gasteiger partial charge in [0.2, 0.25) is 5.82 Å². The van der Waals surface area contributed by atoms with Crippen LogP contribution in [0.15, 0.2) is 47.9 Å². The molecular formula is C20H14ClF3N4O4. The molecule has 3 aromatic rings. The minimum absolute atomic E-state index is 0.00494. The molecule has 2 aromatic carbocycles. The molecule has 0 unspecified atom stereocenters. The van der Waals surface area contributed by atoms with Crippen molar-refractivity contribution >= 4 is 23.2 Å². The highest BCUT2D eigenvalue weighted by Crippen LogP contribution is 2.34. The van der Waals surface area contributed by atoms with Crippen LogP contribution in [-0.2, 0) is 9.63 Å². The zero-order chi connectivity index (χ0) is 23.3. The van der Waals surface area contributed by atoms with E-state index in [4.69, 9.17) is 21.1 Å². The maximum absolute atomic E-state index is 14.9. The van der Waals surface area contributed by atoms with Gasteiger partial charge >= 0.3 is 0 Å². The lowest BCUT2D eigenvalue weighted by Crippen LogP contribution is -2.29. The number of ether oxygens (including phenoxy) is 2. The predicted molar refractivity (Wildman–Crippen MR) is 108 cm³/mol. The number of nitrogens with one attached hydrogen (secondary N) is 1. The van der Waals surface area contributed by atoms with Crippen molar-refractivity contribution in [2.75, 3.05) is 14.2 Å². The van der Waals surface area contributed by atoms with Crippen LogP contribution in [0.1, 0.15) is 5.56 Å². The molecule has 0 fully saturated rings. The third-order valence-corrected chi connectivity index (χ3v) is 4.15. The number of benzene rings is 2. The Bertz CT molecular complexity index is 1190. The van der Waals surface area contributed by atoms with Crippen LogP contribution in [0.25, 0.3) is 0 Å². The summed E-state index contributed by atoms with van der Waals surface area (Å²) in [5.41, 5.74) is -0.260. The van der Waals surface area contributed by atoms with Gasteiger partial charge in [-0.25, -0.2) is 8.78 Å². The second-order valence-corrected chi connectivity index (χ2v) is 6.33. The first-order valence-corrected chi connectivity index (χ1v) is 9.16. The zero-order valence-corrected chi connectivity index (χ0v) is 17.3. The fourth-order valence-electron chi connectivity index (χ4n) is 2.45. The van der Waals surface area contributed by atoms with Crippen molar-refractivity contribution < 1.29 is 32.3 Å². The summed E-state index contributed by atoms with van der Waals surface area (Å²) in [7, 11) is 2.56. The molecule has 3 rings (SSSR count). The highest BCUT2D eigenvalue weighted by atomic mass is 35.5. The first kappa shape index (κ1) is 22.8. The molecule has 0 saturated heterocycles. The molecule has 1 N–H and O–H groups in total. The summed E-state index contributed by atoms with van der Waals surface area (Å²) >= 11 is 5.88. The monoisotopic (exact) mass is 466 g/mol. The maximum atomic E-state index is 14.9. The van der Waals surface area contributed by atoms with Gasteiger partial charge in [-0.05, 0) is 30.3 Å². The molecule has 0 atom stereocenters. The van der Waals surface area contributed by atoms with E-state index in [-0.39, 0.29) is 27.8 Å². The van der Waals surface area contributed by atoms with Gasteiger partial charge in [0, 0.05) is 13.1 Å². The van der Waals surface area contributed by atoms with Crippen molar-refractivity contribution in [2.24, 2.45) is 5.16 Å². The van der Waals surface area contributed by atoms with Gasteiger partial charge in [-0.1, -0.05) is 16.8 Å². The molecule has 1 amide bonds. The molecule has 0 bridgehead atoms. The van der Waals surface area contributed by atoms with E-state index in [1.54, 1.807) is 0 Å². The van der Waals surface area contributed by atoms with Crippen LogP contribution in [0.2, 0.25) is 5.02 Å². The van der Waals surface area contributed by atoms with Gasteiger partial charge in [0.25, 0.3) is 17.7 Å². The van der Waals surface area contributed by atoms with Crippen LogP contribution in [0, 0.1) is 17.5 Å². The van der Waals surface area contributed by atoms with E-state index in [2.05, 4.69) is 25.3 Å². The standard InChI is InChI=1S/C20H14ClF3N4O4/c1-25-18(29)17(28-30-2)12-5-3-11(23)8-15(12)32-20-16(24)19(26-9-27-20)31-14-6-4-10(22)7-13(14)21/h3-9H,1-2H3,(H,25,29). The molecule has 0 aliphatic carbocycles. The number of carbonyl (C=O) groups is 1. The Kier molecular flexibility index (Phi) is 7.11. The molecule has 0 spiro atoms. The highest BCUT2D eigenvalue weighted by Gasteiger charge is 2.23. The van der Waals surface area contributed by atoms with Gasteiger partial charge in [-0.2, -0.15) is 14.4 Å². The van der Waals surface area contributed by atoms with E-state index in [0.717, 1.165) is 30.6 Å². The third-order valence-electron chi connectivity index (χ3n) is 3.86. The number of likely N-dealkylation sites (N-methyl/N-ethyl adjacent to an activating group) is 1. The second-order valence-electron chi connectivity index (χ2n) is 5.92. The van der Waals surface area contributed by atoms with E-state index < -0.39 is 35.1 Å². The first-order chi connectivity index (χ1) is 15.3. The second kappa shape index (κ2) is 9.96. The molecule has 0 saturated carbocycles. The molecule has 12 heteroatoms. The normalized spacial score (nSPS) is 11.1. The van der Waals surface area contributed by atoms with Crippen molar-refractivity contribution in [1.29, 1.82) is 0 Å². The van der Waals surface area contributed by atoms with Crippen LogP contribution in [0.4, 0.5) is 13.2 Å². The van der Waals surface area contributed by atoms with Crippen molar-refractivity contribution in [1.82, 2.24) is 15.3 Å². The Hall–Kier alpha value is -3.86. The largest absolute Gasteiger partial charge is 0.435 e. The Morgan fingerprint density at radius 2 is 1.62 bits per heavy atom. The molecule has 0 aliphatic heterocycles. The summed E-state index contributed by atoms with van der Waals surface area (Å²) in [5, 5.41) is 5.85. The lowest BCUT2D eigenvalue weighted by Gasteiger charge is -2.13. The van der Waals surface area contributed by atoms with Crippen molar-refractivity contribution in [2.45, 2.75) is 0 Å². The third kappa shape index (κ3) is 5.06. The summed E-state index contributed by atoms with van der Waals surface area (Å²) in [4.78, 5) is 24.1. The number of hydrogen-bond acceptors (Lipinski definition) is 7. The lowest BCUT2D eigenvalue weighted by molar-refractivity contribution is -0.114. The SMILES string of the molecule is CNC(=O)C(=NOC)c1ccc(F)cc1Oc1ncnc(Oc2ccc(F)cc2Cl)c1F. The summed E-state index contributed by atoms with van der Waals surface area (Å²) in [6, 6.07) is 6.38. The minimum Gasteiger partial charge on any atom is -0.435 e. The molecule has 1 heterocycles. The predicted octanol–water partition coefficient (Wildman–Crippen LogP) is 4.23. The number of rotatable bonds is 7. The number of amides is 1. The van der Waals surface area contributed by atoms with Gasteiger partial charge in [-0.3, -0.25) is 4.79 Å². The highest BCUT2D eigenvalue weighted by molar-refractivity contribution is 6.45. The number of oxime groups is 1. The quantitative estimate of drug-likeness (QED) is 0.413. The number of aromatic nitrogens is 2. The Morgan fingerprint density at radius 3 is 2.25 bits per heavy atom. The summed E-state index contributed by atoms with van der Waals surface area (Å²) in [6.07, 6.45) is 0.924. The Morgan fingerprint density at radius 1 is 1.00 bits per heavy atom. The van der Waals surface area contributed by atoms with E-state index >= 15 is 0 Å². The number of hydrogen-bond donors (Lipinski definition) is 1. The van der Waals surface area contributed by atoms with Crippen molar-refractivity contribution in [3.8, 4) is 23.3 Å².